The molecule has 2 nitrogen and oxygen atoms in total. The van der Waals surface area contributed by atoms with Crippen molar-refractivity contribution in [3.05, 3.63) is 57.2 Å². The molecule has 0 radical (unpaired) electrons. The molecule has 0 spiro atoms. The summed E-state index contributed by atoms with van der Waals surface area (Å²) < 4.78 is 19.0. The van der Waals surface area contributed by atoms with Crippen molar-refractivity contribution in [3.8, 4) is 0 Å². The van der Waals surface area contributed by atoms with Crippen molar-refractivity contribution < 1.29 is 13.6 Å². The van der Waals surface area contributed by atoms with Gasteiger partial charge in [-0.15, -0.1) is 0 Å². The summed E-state index contributed by atoms with van der Waals surface area (Å²) in [5, 5.41) is 0. The van der Waals surface area contributed by atoms with Crippen molar-refractivity contribution in [2.24, 2.45) is 0 Å². The van der Waals surface area contributed by atoms with Crippen molar-refractivity contribution in [3.63, 3.8) is 0 Å². The number of hydrogen-bond acceptors (Lipinski definition) is 2. The van der Waals surface area contributed by atoms with Gasteiger partial charge in [0, 0.05) is 10.0 Å². The number of halogens is 2. The molecule has 0 unspecified atom stereocenters. The summed E-state index contributed by atoms with van der Waals surface area (Å²) in [5.74, 6) is 0.530. The van der Waals surface area contributed by atoms with E-state index in [4.69, 9.17) is 4.42 Å². The molecular weight excluding hydrogens is 287 g/mol. The zero-order chi connectivity index (χ0) is 12.6. The van der Waals surface area contributed by atoms with Crippen molar-refractivity contribution >= 4 is 21.7 Å². The van der Waals surface area contributed by atoms with E-state index < -0.39 is 5.82 Å². The second-order valence-electron chi connectivity index (χ2n) is 3.78. The predicted octanol–water partition coefficient (Wildman–Crippen LogP) is 4.03. The smallest absolute Gasteiger partial charge is 0.197 e. The number of carbonyl (C=O) groups excluding carboxylic acids is 1. The van der Waals surface area contributed by atoms with E-state index in [0.717, 1.165) is 0 Å². The molecule has 0 bridgehead atoms. The molecule has 1 aromatic carbocycles. The Labute approximate surface area is 107 Å². The maximum Gasteiger partial charge on any atom is 0.197 e. The first-order valence-corrected chi connectivity index (χ1v) is 5.85. The highest BCUT2D eigenvalue weighted by atomic mass is 79.9. The van der Waals surface area contributed by atoms with Crippen LogP contribution in [0.4, 0.5) is 4.39 Å². The molecule has 1 heterocycles. The van der Waals surface area contributed by atoms with Crippen LogP contribution < -0.4 is 0 Å². The summed E-state index contributed by atoms with van der Waals surface area (Å²) in [4.78, 5) is 12.2. The number of benzene rings is 1. The molecule has 0 amide bonds. The summed E-state index contributed by atoms with van der Waals surface area (Å²) in [5.41, 5.74) is 0.766. The van der Waals surface area contributed by atoms with Crippen LogP contribution in [0.3, 0.4) is 0 Å². The average molecular weight is 297 g/mol. The van der Waals surface area contributed by atoms with Crippen molar-refractivity contribution in [2.45, 2.75) is 13.8 Å². The van der Waals surface area contributed by atoms with Gasteiger partial charge in [-0.3, -0.25) is 4.79 Å². The molecule has 0 fully saturated rings. The summed E-state index contributed by atoms with van der Waals surface area (Å²) >= 11 is 3.24. The Morgan fingerprint density at radius 1 is 1.24 bits per heavy atom. The van der Waals surface area contributed by atoms with E-state index >= 15 is 0 Å². The molecule has 4 heteroatoms. The van der Waals surface area contributed by atoms with Gasteiger partial charge >= 0.3 is 0 Å². The Bertz CT molecular complexity index is 587. The lowest BCUT2D eigenvalue weighted by atomic mass is 10.0. The van der Waals surface area contributed by atoms with E-state index in [9.17, 15) is 9.18 Å². The van der Waals surface area contributed by atoms with Crippen molar-refractivity contribution in [2.75, 3.05) is 0 Å². The van der Waals surface area contributed by atoms with Gasteiger partial charge in [0.25, 0.3) is 0 Å². The molecule has 0 aliphatic rings. The summed E-state index contributed by atoms with van der Waals surface area (Å²) in [6, 6.07) is 5.70. The molecular formula is C13H10BrFO2. The fourth-order valence-corrected chi connectivity index (χ4v) is 2.10. The third-order valence-corrected chi connectivity index (χ3v) is 3.15. The first-order valence-electron chi connectivity index (χ1n) is 5.06. The number of aryl methyl sites for hydroxylation is 2. The van der Waals surface area contributed by atoms with Crippen LogP contribution >= 0.6 is 15.9 Å². The normalized spacial score (nSPS) is 10.6. The van der Waals surface area contributed by atoms with Crippen molar-refractivity contribution in [1.29, 1.82) is 0 Å². The lowest BCUT2D eigenvalue weighted by Crippen LogP contribution is -2.03. The van der Waals surface area contributed by atoms with Gasteiger partial charge in [0.2, 0.25) is 0 Å². The second kappa shape index (κ2) is 4.45. The monoisotopic (exact) mass is 296 g/mol. The third kappa shape index (κ3) is 2.31. The molecule has 0 saturated heterocycles. The van der Waals surface area contributed by atoms with Gasteiger partial charge in [0.1, 0.15) is 17.3 Å². The van der Waals surface area contributed by atoms with Crippen LogP contribution in [0.15, 0.2) is 33.2 Å². The first-order chi connectivity index (χ1) is 7.99. The largest absolute Gasteiger partial charge is 0.466 e. The van der Waals surface area contributed by atoms with Gasteiger partial charge in [-0.2, -0.15) is 0 Å². The Morgan fingerprint density at radius 3 is 2.53 bits per heavy atom. The molecule has 0 aliphatic carbocycles. The van der Waals surface area contributed by atoms with Crippen LogP contribution in [-0.2, 0) is 0 Å². The fourth-order valence-electron chi connectivity index (χ4n) is 1.67. The summed E-state index contributed by atoms with van der Waals surface area (Å²) in [7, 11) is 0. The Kier molecular flexibility index (Phi) is 3.15. The molecule has 0 saturated carbocycles. The number of rotatable bonds is 2. The molecule has 88 valence electrons. The minimum absolute atomic E-state index is 0.245. The molecule has 2 aromatic rings. The standard InChI is InChI=1S/C13H10BrFO2/c1-7-5-10(8(2)17-7)13(16)11-6-9(15)3-4-12(11)14/h3-6H,1-2H3. The van der Waals surface area contributed by atoms with Gasteiger partial charge in [0.05, 0.1) is 5.56 Å². The minimum Gasteiger partial charge on any atom is -0.466 e. The van der Waals surface area contributed by atoms with E-state index in [-0.39, 0.29) is 5.78 Å². The van der Waals surface area contributed by atoms with Gasteiger partial charge in [0.15, 0.2) is 5.78 Å². The Balaban J connectivity index is 2.50. The molecule has 1 aromatic heterocycles. The number of ketones is 1. The number of hydrogen-bond donors (Lipinski definition) is 0. The SMILES string of the molecule is Cc1cc(C(=O)c2cc(F)ccc2Br)c(C)o1. The van der Waals surface area contributed by atoms with Crippen LogP contribution in [0.25, 0.3) is 0 Å². The maximum atomic E-state index is 13.1. The van der Waals surface area contributed by atoms with Crippen LogP contribution in [0.5, 0.6) is 0 Å². The zero-order valence-electron chi connectivity index (χ0n) is 9.38. The third-order valence-electron chi connectivity index (χ3n) is 2.46. The molecule has 2 rings (SSSR count). The molecule has 17 heavy (non-hydrogen) atoms. The van der Waals surface area contributed by atoms with Crippen LogP contribution in [0.1, 0.15) is 27.4 Å². The topological polar surface area (TPSA) is 30.2 Å². The van der Waals surface area contributed by atoms with E-state index in [1.807, 2.05) is 0 Å². The van der Waals surface area contributed by atoms with Crippen LogP contribution in [0, 0.1) is 19.7 Å². The van der Waals surface area contributed by atoms with Crippen LogP contribution in [0.2, 0.25) is 0 Å². The average Bonchev–Trinajstić information content (AvgIpc) is 2.60. The van der Waals surface area contributed by atoms with Gasteiger partial charge in [-0.05, 0) is 38.1 Å². The van der Waals surface area contributed by atoms with Gasteiger partial charge in [-0.25, -0.2) is 4.39 Å². The van der Waals surface area contributed by atoms with Crippen molar-refractivity contribution in [1.82, 2.24) is 0 Å². The van der Waals surface area contributed by atoms with Crippen LogP contribution in [-0.4, -0.2) is 5.78 Å². The minimum atomic E-state index is -0.436. The number of furan rings is 1. The molecule has 0 N–H and O–H groups in total. The lowest BCUT2D eigenvalue weighted by molar-refractivity contribution is 0.103. The summed E-state index contributed by atoms with van der Waals surface area (Å²) in [6.07, 6.45) is 0. The van der Waals surface area contributed by atoms with Gasteiger partial charge in [-0.1, -0.05) is 15.9 Å². The van der Waals surface area contributed by atoms with E-state index in [2.05, 4.69) is 15.9 Å². The summed E-state index contributed by atoms with van der Waals surface area (Å²) in [6.45, 7) is 3.48. The maximum absolute atomic E-state index is 13.1. The first kappa shape index (κ1) is 12.0. The Hall–Kier alpha value is -1.42. The number of carbonyl (C=O) groups is 1. The highest BCUT2D eigenvalue weighted by Gasteiger charge is 2.18. The fraction of sp³-hybridized carbons (Fsp3) is 0.154. The second-order valence-corrected chi connectivity index (χ2v) is 4.63. The Morgan fingerprint density at radius 2 is 1.94 bits per heavy atom. The van der Waals surface area contributed by atoms with E-state index in [1.165, 1.54) is 18.2 Å². The lowest BCUT2D eigenvalue weighted by Gasteiger charge is -2.02. The quantitative estimate of drug-likeness (QED) is 0.783. The predicted molar refractivity (Wildman–Crippen MR) is 65.7 cm³/mol. The molecule has 0 aliphatic heterocycles. The van der Waals surface area contributed by atoms with Gasteiger partial charge < -0.3 is 4.42 Å². The van der Waals surface area contributed by atoms with E-state index in [0.29, 0.717) is 27.1 Å². The molecule has 0 atom stereocenters. The highest BCUT2D eigenvalue weighted by Crippen LogP contribution is 2.24. The highest BCUT2D eigenvalue weighted by molar-refractivity contribution is 9.10. The van der Waals surface area contributed by atoms with E-state index in [1.54, 1.807) is 19.9 Å². The zero-order valence-corrected chi connectivity index (χ0v) is 11.0.